The maximum Gasteiger partial charge on any atom is 0.255 e. The monoisotopic (exact) mass is 402 g/mol. The van der Waals surface area contributed by atoms with Gasteiger partial charge in [0, 0.05) is 19.2 Å². The molecule has 0 radical (unpaired) electrons. The number of aromatic nitrogens is 5. The van der Waals surface area contributed by atoms with Gasteiger partial charge in [-0.05, 0) is 24.5 Å². The molecule has 3 aromatic heterocycles. The van der Waals surface area contributed by atoms with Gasteiger partial charge in [0.15, 0.2) is 11.5 Å². The van der Waals surface area contributed by atoms with Crippen molar-refractivity contribution in [3.05, 3.63) is 71.8 Å². The third kappa shape index (κ3) is 3.56. The zero-order valence-corrected chi connectivity index (χ0v) is 16.7. The van der Waals surface area contributed by atoms with Gasteiger partial charge in [-0.1, -0.05) is 41.9 Å². The molecule has 1 aliphatic carbocycles. The Morgan fingerprint density at radius 3 is 2.83 bits per heavy atom. The fraction of sp³-hybridized carbons (Fsp3) is 0.318. The predicted octanol–water partition coefficient (Wildman–Crippen LogP) is 3.40. The molecule has 8 nitrogen and oxygen atoms in total. The minimum absolute atomic E-state index is 0.156. The Hall–Kier alpha value is -3.55. The number of pyridine rings is 1. The molecule has 0 bridgehead atoms. The number of carbonyl (C=O) groups is 1. The second-order valence-electron chi connectivity index (χ2n) is 7.76. The van der Waals surface area contributed by atoms with Gasteiger partial charge in [-0.15, -0.1) is 0 Å². The van der Waals surface area contributed by atoms with Crippen LogP contribution in [-0.2, 0) is 13.1 Å². The highest BCUT2D eigenvalue weighted by Crippen LogP contribution is 2.35. The Kier molecular flexibility index (Phi) is 4.74. The van der Waals surface area contributed by atoms with Crippen molar-refractivity contribution in [3.8, 4) is 0 Å². The van der Waals surface area contributed by atoms with Crippen molar-refractivity contribution in [2.75, 3.05) is 7.05 Å². The molecular weight excluding hydrogens is 380 g/mol. The zero-order chi connectivity index (χ0) is 20.5. The molecule has 0 atom stereocenters. The lowest BCUT2D eigenvalue weighted by atomic mass is 9.85. The van der Waals surface area contributed by atoms with Gasteiger partial charge in [-0.25, -0.2) is 9.97 Å². The number of imidazole rings is 1. The quantitative estimate of drug-likeness (QED) is 0.491. The van der Waals surface area contributed by atoms with Crippen molar-refractivity contribution < 1.29 is 9.32 Å². The standard InChI is InChI=1S/C22H22N6O2/c1-27(13-19-25-21(30-26-19)16-8-5-9-16)22(29)17-10-18-20(23-11-17)28(14-24-18)12-15-6-3-2-4-7-15/h2-4,6-7,10-11,14,16H,5,8-9,12-13H2,1H3. The van der Waals surface area contributed by atoms with E-state index in [0.717, 1.165) is 18.5 Å². The van der Waals surface area contributed by atoms with Crippen LogP contribution < -0.4 is 0 Å². The van der Waals surface area contributed by atoms with Crippen LogP contribution in [0.4, 0.5) is 0 Å². The summed E-state index contributed by atoms with van der Waals surface area (Å²) < 4.78 is 7.32. The van der Waals surface area contributed by atoms with E-state index >= 15 is 0 Å². The molecule has 3 heterocycles. The Morgan fingerprint density at radius 2 is 2.07 bits per heavy atom. The van der Waals surface area contributed by atoms with E-state index in [1.165, 1.54) is 12.0 Å². The molecule has 0 unspecified atom stereocenters. The van der Waals surface area contributed by atoms with E-state index in [1.54, 1.807) is 30.5 Å². The Morgan fingerprint density at radius 1 is 1.23 bits per heavy atom. The third-order valence-electron chi connectivity index (χ3n) is 5.56. The first kappa shape index (κ1) is 18.5. The molecule has 152 valence electrons. The molecule has 5 rings (SSSR count). The highest BCUT2D eigenvalue weighted by atomic mass is 16.5. The molecule has 1 aromatic carbocycles. The molecule has 1 aliphatic rings. The maximum atomic E-state index is 12.9. The predicted molar refractivity (Wildman–Crippen MR) is 110 cm³/mol. The van der Waals surface area contributed by atoms with E-state index in [-0.39, 0.29) is 12.5 Å². The van der Waals surface area contributed by atoms with Crippen molar-refractivity contribution in [3.63, 3.8) is 0 Å². The van der Waals surface area contributed by atoms with Gasteiger partial charge in [0.25, 0.3) is 5.91 Å². The number of rotatable bonds is 6. The zero-order valence-electron chi connectivity index (χ0n) is 16.7. The van der Waals surface area contributed by atoms with Gasteiger partial charge in [0.1, 0.15) is 5.52 Å². The summed E-state index contributed by atoms with van der Waals surface area (Å²) in [5.41, 5.74) is 3.09. The van der Waals surface area contributed by atoms with Gasteiger partial charge in [-0.3, -0.25) is 4.79 Å². The van der Waals surface area contributed by atoms with Gasteiger partial charge >= 0.3 is 0 Å². The Bertz CT molecular complexity index is 1180. The molecule has 0 aliphatic heterocycles. The number of benzene rings is 1. The van der Waals surface area contributed by atoms with Crippen molar-refractivity contribution in [2.45, 2.75) is 38.3 Å². The SMILES string of the molecule is CN(Cc1noc(C2CCC2)n1)C(=O)c1cnc2c(c1)ncn2Cc1ccccc1. The van der Waals surface area contributed by atoms with Crippen LogP contribution in [0.5, 0.6) is 0 Å². The summed E-state index contributed by atoms with van der Waals surface area (Å²) in [6.07, 6.45) is 6.75. The molecule has 1 amide bonds. The fourth-order valence-corrected chi connectivity index (χ4v) is 3.62. The molecular formula is C22H22N6O2. The maximum absolute atomic E-state index is 12.9. The average Bonchev–Trinajstić information content (AvgIpc) is 3.34. The normalized spacial score (nSPS) is 14.0. The van der Waals surface area contributed by atoms with E-state index in [4.69, 9.17) is 4.52 Å². The largest absolute Gasteiger partial charge is 0.339 e. The average molecular weight is 402 g/mol. The fourth-order valence-electron chi connectivity index (χ4n) is 3.62. The highest BCUT2D eigenvalue weighted by molar-refractivity contribution is 5.96. The molecule has 30 heavy (non-hydrogen) atoms. The summed E-state index contributed by atoms with van der Waals surface area (Å²) in [6.45, 7) is 0.966. The lowest BCUT2D eigenvalue weighted by Gasteiger charge is -2.20. The van der Waals surface area contributed by atoms with Crippen molar-refractivity contribution in [1.29, 1.82) is 0 Å². The van der Waals surface area contributed by atoms with Crippen LogP contribution in [0.2, 0.25) is 0 Å². The summed E-state index contributed by atoms with van der Waals surface area (Å²) in [7, 11) is 1.72. The first-order chi connectivity index (χ1) is 14.7. The van der Waals surface area contributed by atoms with Gasteiger partial charge in [-0.2, -0.15) is 4.98 Å². The van der Waals surface area contributed by atoms with Crippen LogP contribution >= 0.6 is 0 Å². The molecule has 1 saturated carbocycles. The molecule has 1 fully saturated rings. The summed E-state index contributed by atoms with van der Waals surface area (Å²) in [5.74, 6) is 1.43. The number of fused-ring (bicyclic) bond motifs is 1. The number of amides is 1. The van der Waals surface area contributed by atoms with Crippen LogP contribution in [0.25, 0.3) is 11.2 Å². The van der Waals surface area contributed by atoms with Gasteiger partial charge in [0.2, 0.25) is 5.89 Å². The van der Waals surface area contributed by atoms with E-state index in [9.17, 15) is 4.79 Å². The number of nitrogens with zero attached hydrogens (tertiary/aromatic N) is 6. The highest BCUT2D eigenvalue weighted by Gasteiger charge is 2.26. The molecule has 4 aromatic rings. The summed E-state index contributed by atoms with van der Waals surface area (Å²) in [6, 6.07) is 11.9. The van der Waals surface area contributed by atoms with Crippen LogP contribution in [-0.4, -0.2) is 42.5 Å². The van der Waals surface area contributed by atoms with E-state index < -0.39 is 0 Å². The van der Waals surface area contributed by atoms with Crippen LogP contribution in [0.1, 0.15) is 52.8 Å². The number of hydrogen-bond donors (Lipinski definition) is 0. The number of carbonyl (C=O) groups excluding carboxylic acids is 1. The lowest BCUT2D eigenvalue weighted by molar-refractivity contribution is 0.0780. The second-order valence-corrected chi connectivity index (χ2v) is 7.76. The van der Waals surface area contributed by atoms with Crippen LogP contribution in [0.15, 0.2) is 53.4 Å². The topological polar surface area (TPSA) is 89.9 Å². The van der Waals surface area contributed by atoms with Gasteiger partial charge < -0.3 is 14.0 Å². The molecule has 8 heteroatoms. The molecule has 0 saturated heterocycles. The van der Waals surface area contributed by atoms with E-state index in [0.29, 0.717) is 35.3 Å². The summed E-state index contributed by atoms with van der Waals surface area (Å²) in [4.78, 5) is 27.8. The Balaban J connectivity index is 1.30. The molecule has 0 N–H and O–H groups in total. The first-order valence-electron chi connectivity index (χ1n) is 10.1. The smallest absolute Gasteiger partial charge is 0.255 e. The van der Waals surface area contributed by atoms with Crippen molar-refractivity contribution in [1.82, 2.24) is 29.6 Å². The Labute approximate surface area is 173 Å². The van der Waals surface area contributed by atoms with Crippen molar-refractivity contribution >= 4 is 17.1 Å². The third-order valence-corrected chi connectivity index (χ3v) is 5.56. The van der Waals surface area contributed by atoms with Crippen LogP contribution in [0, 0.1) is 0 Å². The second kappa shape index (κ2) is 7.70. The van der Waals surface area contributed by atoms with Crippen molar-refractivity contribution in [2.24, 2.45) is 0 Å². The van der Waals surface area contributed by atoms with Gasteiger partial charge in [0.05, 0.1) is 25.0 Å². The summed E-state index contributed by atoms with van der Waals surface area (Å²) >= 11 is 0. The lowest BCUT2D eigenvalue weighted by Crippen LogP contribution is -2.27. The first-order valence-corrected chi connectivity index (χ1v) is 10.1. The minimum Gasteiger partial charge on any atom is -0.339 e. The minimum atomic E-state index is -0.156. The number of hydrogen-bond acceptors (Lipinski definition) is 6. The molecule has 0 spiro atoms. The van der Waals surface area contributed by atoms with E-state index in [1.807, 2.05) is 22.8 Å². The van der Waals surface area contributed by atoms with E-state index in [2.05, 4.69) is 32.2 Å². The van der Waals surface area contributed by atoms with Crippen LogP contribution in [0.3, 0.4) is 0 Å². The summed E-state index contributed by atoms with van der Waals surface area (Å²) in [5, 5.41) is 4.02.